The molecule has 0 aliphatic rings. The Morgan fingerprint density at radius 3 is 2.21 bits per heavy atom. The van der Waals surface area contributed by atoms with Gasteiger partial charge < -0.3 is 4.74 Å². The number of methoxy groups -OCH3 is 1. The van der Waals surface area contributed by atoms with Crippen LogP contribution in [-0.4, -0.2) is 21.6 Å². The van der Waals surface area contributed by atoms with Gasteiger partial charge in [-0.3, -0.25) is 0 Å². The molecule has 1 N–H and O–H groups in total. The molecule has 154 valence electrons. The number of rotatable bonds is 8. The van der Waals surface area contributed by atoms with Gasteiger partial charge in [-0.1, -0.05) is 58.0 Å². The summed E-state index contributed by atoms with van der Waals surface area (Å²) in [6.45, 7) is 12.1. The SMILES string of the molecule is COc1cc(C)c(S(=O)(=O)N[C@@H](C)CC(C)(C)c2ccccc2)cc1C(C)C. The summed E-state index contributed by atoms with van der Waals surface area (Å²) in [5.41, 5.74) is 2.64. The molecule has 0 unspecified atom stereocenters. The summed E-state index contributed by atoms with van der Waals surface area (Å²) in [6.07, 6.45) is 0.697. The highest BCUT2D eigenvalue weighted by Crippen LogP contribution is 2.32. The summed E-state index contributed by atoms with van der Waals surface area (Å²) in [5.74, 6) is 0.892. The van der Waals surface area contributed by atoms with Crippen molar-refractivity contribution in [3.8, 4) is 5.75 Å². The van der Waals surface area contributed by atoms with Gasteiger partial charge in [0.15, 0.2) is 0 Å². The quantitative estimate of drug-likeness (QED) is 0.662. The monoisotopic (exact) mass is 403 g/mol. The molecule has 0 fully saturated rings. The molecule has 0 aliphatic carbocycles. The van der Waals surface area contributed by atoms with Crippen molar-refractivity contribution in [1.29, 1.82) is 0 Å². The normalized spacial score (nSPS) is 13.6. The van der Waals surface area contributed by atoms with Crippen LogP contribution < -0.4 is 9.46 Å². The first-order valence-electron chi connectivity index (χ1n) is 9.74. The molecule has 0 spiro atoms. The van der Waals surface area contributed by atoms with Crippen molar-refractivity contribution in [2.24, 2.45) is 0 Å². The summed E-state index contributed by atoms with van der Waals surface area (Å²) in [7, 11) is -2.02. The van der Waals surface area contributed by atoms with Crippen LogP contribution in [0.25, 0.3) is 0 Å². The second kappa shape index (κ2) is 8.66. The molecule has 0 radical (unpaired) electrons. The predicted octanol–water partition coefficient (Wildman–Crippen LogP) is 5.16. The largest absolute Gasteiger partial charge is 0.496 e. The van der Waals surface area contributed by atoms with Gasteiger partial charge in [-0.05, 0) is 60.4 Å². The van der Waals surface area contributed by atoms with Crippen LogP contribution in [0.5, 0.6) is 5.75 Å². The Morgan fingerprint density at radius 2 is 1.68 bits per heavy atom. The number of nitrogens with one attached hydrogen (secondary N) is 1. The number of hydrogen-bond donors (Lipinski definition) is 1. The van der Waals surface area contributed by atoms with Crippen molar-refractivity contribution in [3.63, 3.8) is 0 Å². The average Bonchev–Trinajstić information content (AvgIpc) is 2.60. The van der Waals surface area contributed by atoms with Gasteiger partial charge in [0.25, 0.3) is 0 Å². The van der Waals surface area contributed by atoms with Gasteiger partial charge in [0.1, 0.15) is 5.75 Å². The van der Waals surface area contributed by atoms with Crippen LogP contribution in [0, 0.1) is 6.92 Å². The summed E-state index contributed by atoms with van der Waals surface area (Å²) in [4.78, 5) is 0.321. The molecule has 28 heavy (non-hydrogen) atoms. The minimum absolute atomic E-state index is 0.138. The first-order chi connectivity index (χ1) is 13.0. The van der Waals surface area contributed by atoms with Crippen LogP contribution in [0.2, 0.25) is 0 Å². The Balaban J connectivity index is 2.27. The highest BCUT2D eigenvalue weighted by Gasteiger charge is 2.27. The Kier molecular flexibility index (Phi) is 6.94. The van der Waals surface area contributed by atoms with Gasteiger partial charge in [0, 0.05) is 6.04 Å². The van der Waals surface area contributed by atoms with Crippen LogP contribution in [0.15, 0.2) is 47.4 Å². The molecule has 2 aromatic carbocycles. The fourth-order valence-electron chi connectivity index (χ4n) is 3.74. The molecule has 0 saturated carbocycles. The van der Waals surface area contributed by atoms with E-state index in [0.29, 0.717) is 16.9 Å². The van der Waals surface area contributed by atoms with Gasteiger partial charge in [0.05, 0.1) is 12.0 Å². The van der Waals surface area contributed by atoms with E-state index in [2.05, 4.69) is 30.7 Å². The molecule has 4 nitrogen and oxygen atoms in total. The van der Waals surface area contributed by atoms with Crippen LogP contribution in [0.4, 0.5) is 0 Å². The molecule has 0 amide bonds. The molecular formula is C23H33NO3S. The maximum absolute atomic E-state index is 13.1. The lowest BCUT2D eigenvalue weighted by Gasteiger charge is -2.29. The van der Waals surface area contributed by atoms with E-state index >= 15 is 0 Å². The lowest BCUT2D eigenvalue weighted by Crippen LogP contribution is -2.37. The lowest BCUT2D eigenvalue weighted by molar-refractivity contribution is 0.406. The number of benzene rings is 2. The Morgan fingerprint density at radius 1 is 1.07 bits per heavy atom. The Bertz CT molecular complexity index is 903. The molecular weight excluding hydrogens is 370 g/mol. The standard InChI is InChI=1S/C23H33NO3S/c1-16(2)20-14-22(17(3)13-21(20)27-7)28(25,26)24-18(4)15-23(5,6)19-11-9-8-10-12-19/h8-14,16,18,24H,15H2,1-7H3/t18-/m0/s1. The lowest BCUT2D eigenvalue weighted by atomic mass is 9.79. The van der Waals surface area contributed by atoms with Crippen LogP contribution in [0.3, 0.4) is 0 Å². The molecule has 0 bridgehead atoms. The summed E-state index contributed by atoms with van der Waals surface area (Å²) < 4.78 is 34.5. The van der Waals surface area contributed by atoms with Crippen LogP contribution in [0.1, 0.15) is 63.6 Å². The maximum atomic E-state index is 13.1. The van der Waals surface area contributed by atoms with Crippen molar-refractivity contribution < 1.29 is 13.2 Å². The molecule has 0 aliphatic heterocycles. The van der Waals surface area contributed by atoms with Gasteiger partial charge in [-0.25, -0.2) is 13.1 Å². The minimum Gasteiger partial charge on any atom is -0.496 e. The molecule has 2 aromatic rings. The van der Waals surface area contributed by atoms with Crippen molar-refractivity contribution in [2.45, 2.75) is 70.2 Å². The maximum Gasteiger partial charge on any atom is 0.241 e. The Labute approximate surface area is 170 Å². The van der Waals surface area contributed by atoms with Gasteiger partial charge in [-0.2, -0.15) is 0 Å². The van der Waals surface area contributed by atoms with Crippen molar-refractivity contribution in [2.75, 3.05) is 7.11 Å². The molecule has 0 heterocycles. The Hall–Kier alpha value is -1.85. The first kappa shape index (κ1) is 22.4. The van der Waals surface area contributed by atoms with Crippen molar-refractivity contribution >= 4 is 10.0 Å². The summed E-state index contributed by atoms with van der Waals surface area (Å²) in [6, 6.07) is 13.5. The van der Waals surface area contributed by atoms with E-state index in [-0.39, 0.29) is 17.4 Å². The zero-order valence-electron chi connectivity index (χ0n) is 18.0. The van der Waals surface area contributed by atoms with E-state index in [4.69, 9.17) is 4.74 Å². The van der Waals surface area contributed by atoms with Gasteiger partial charge >= 0.3 is 0 Å². The summed E-state index contributed by atoms with van der Waals surface area (Å²) >= 11 is 0. The fraction of sp³-hybridized carbons (Fsp3) is 0.478. The van der Waals surface area contributed by atoms with Crippen LogP contribution in [-0.2, 0) is 15.4 Å². The minimum atomic E-state index is -3.63. The zero-order chi connectivity index (χ0) is 21.1. The number of sulfonamides is 1. The van der Waals surface area contributed by atoms with E-state index in [9.17, 15) is 8.42 Å². The fourth-order valence-corrected chi connectivity index (χ4v) is 5.24. The first-order valence-corrected chi connectivity index (χ1v) is 11.2. The van der Waals surface area contributed by atoms with Crippen molar-refractivity contribution in [1.82, 2.24) is 4.72 Å². The van der Waals surface area contributed by atoms with Gasteiger partial charge in [-0.15, -0.1) is 0 Å². The predicted molar refractivity (Wildman–Crippen MR) is 116 cm³/mol. The second-order valence-electron chi connectivity index (χ2n) is 8.49. The number of hydrogen-bond acceptors (Lipinski definition) is 3. The zero-order valence-corrected chi connectivity index (χ0v) is 18.9. The van der Waals surface area contributed by atoms with E-state index in [1.807, 2.05) is 45.0 Å². The molecule has 0 aromatic heterocycles. The van der Waals surface area contributed by atoms with Crippen LogP contribution >= 0.6 is 0 Å². The highest BCUT2D eigenvalue weighted by atomic mass is 32.2. The average molecular weight is 404 g/mol. The van der Waals surface area contributed by atoms with E-state index in [0.717, 1.165) is 11.3 Å². The van der Waals surface area contributed by atoms with Gasteiger partial charge in [0.2, 0.25) is 10.0 Å². The van der Waals surface area contributed by atoms with Crippen molar-refractivity contribution in [3.05, 3.63) is 59.2 Å². The van der Waals surface area contributed by atoms with E-state index in [1.54, 1.807) is 20.1 Å². The summed E-state index contributed by atoms with van der Waals surface area (Å²) in [5, 5.41) is 0. The number of aryl methyl sites for hydroxylation is 1. The topological polar surface area (TPSA) is 55.4 Å². The molecule has 1 atom stereocenters. The molecule has 0 saturated heterocycles. The third-order valence-electron chi connectivity index (χ3n) is 5.17. The van der Waals surface area contributed by atoms with E-state index < -0.39 is 10.0 Å². The third kappa shape index (κ3) is 5.15. The third-order valence-corrected chi connectivity index (χ3v) is 6.90. The van der Waals surface area contributed by atoms with E-state index in [1.165, 1.54) is 5.56 Å². The highest BCUT2D eigenvalue weighted by molar-refractivity contribution is 7.89. The number of ether oxygens (including phenoxy) is 1. The second-order valence-corrected chi connectivity index (χ2v) is 10.2. The smallest absolute Gasteiger partial charge is 0.241 e. The molecule has 2 rings (SSSR count). The molecule has 5 heteroatoms.